The molecular weight excluding hydrogens is 488 g/mol. The van der Waals surface area contributed by atoms with E-state index in [1.165, 1.54) is 0 Å². The number of cyclic esters (lactones) is 1. The molecule has 1 aromatic carbocycles. The number of hydrogen-bond acceptors (Lipinski definition) is 6. The van der Waals surface area contributed by atoms with Crippen LogP contribution in [-0.2, 0) is 25.5 Å². The van der Waals surface area contributed by atoms with Crippen LogP contribution in [0.1, 0.15) is 38.7 Å². The SMILES string of the molecule is CC(C)N1CC=C[C@]23S[C@@H]4/C=C\CCCCOC(=O)[C@@H]4[C@H]2C(=O)N([C@@H](CO)Cc2ccccc2)C3C1=O. The minimum absolute atomic E-state index is 0.0537. The monoisotopic (exact) mass is 524 g/mol. The molecule has 0 aromatic heterocycles. The summed E-state index contributed by atoms with van der Waals surface area (Å²) in [5.74, 6) is -2.16. The molecule has 1 aromatic rings. The maximum atomic E-state index is 14.4. The minimum Gasteiger partial charge on any atom is -0.465 e. The molecule has 2 fully saturated rings. The second kappa shape index (κ2) is 10.7. The van der Waals surface area contributed by atoms with Gasteiger partial charge in [0, 0.05) is 17.8 Å². The highest BCUT2D eigenvalue weighted by molar-refractivity contribution is 8.02. The fourth-order valence-corrected chi connectivity index (χ4v) is 8.36. The Labute approximate surface area is 222 Å². The molecular formula is C29H36N2O5S. The number of esters is 1. The molecule has 6 atom stereocenters. The summed E-state index contributed by atoms with van der Waals surface area (Å²) < 4.78 is 4.77. The number of fused-ring (bicyclic) bond motifs is 2. The quantitative estimate of drug-likeness (QED) is 0.471. The Morgan fingerprint density at radius 1 is 1.11 bits per heavy atom. The Morgan fingerprint density at radius 2 is 1.89 bits per heavy atom. The van der Waals surface area contributed by atoms with E-state index in [0.29, 0.717) is 19.6 Å². The summed E-state index contributed by atoms with van der Waals surface area (Å²) in [4.78, 5) is 45.5. The van der Waals surface area contributed by atoms with E-state index in [1.54, 1.807) is 21.6 Å². The first kappa shape index (κ1) is 26.0. The summed E-state index contributed by atoms with van der Waals surface area (Å²) in [6, 6.07) is 8.25. The molecule has 4 heterocycles. The van der Waals surface area contributed by atoms with Crippen LogP contribution in [0.5, 0.6) is 0 Å². The first-order valence-corrected chi connectivity index (χ1v) is 14.2. The Morgan fingerprint density at radius 3 is 2.62 bits per heavy atom. The molecule has 0 aliphatic carbocycles. The van der Waals surface area contributed by atoms with Gasteiger partial charge in [0.25, 0.3) is 0 Å². The van der Waals surface area contributed by atoms with Crippen molar-refractivity contribution in [1.82, 2.24) is 9.80 Å². The molecule has 7 nitrogen and oxygen atoms in total. The van der Waals surface area contributed by atoms with Crippen molar-refractivity contribution in [2.24, 2.45) is 11.8 Å². The van der Waals surface area contributed by atoms with Crippen LogP contribution < -0.4 is 0 Å². The van der Waals surface area contributed by atoms with E-state index in [-0.39, 0.29) is 35.7 Å². The highest BCUT2D eigenvalue weighted by atomic mass is 32.2. The molecule has 1 N–H and O–H groups in total. The number of thioether (sulfide) groups is 1. The van der Waals surface area contributed by atoms with E-state index in [9.17, 15) is 19.5 Å². The summed E-state index contributed by atoms with van der Waals surface area (Å²) in [7, 11) is 0. The average Bonchev–Trinajstić information content (AvgIpc) is 3.27. The van der Waals surface area contributed by atoms with Crippen molar-refractivity contribution in [2.45, 2.75) is 67.7 Å². The summed E-state index contributed by atoms with van der Waals surface area (Å²) in [6.07, 6.45) is 11.2. The van der Waals surface area contributed by atoms with Crippen LogP contribution in [0.3, 0.4) is 0 Å². The minimum atomic E-state index is -0.908. The Hall–Kier alpha value is -2.58. The zero-order valence-corrected chi connectivity index (χ0v) is 22.3. The third kappa shape index (κ3) is 4.52. The van der Waals surface area contributed by atoms with Crippen LogP contribution in [-0.4, -0.2) is 80.6 Å². The molecule has 198 valence electrons. The van der Waals surface area contributed by atoms with Gasteiger partial charge in [0.2, 0.25) is 11.8 Å². The normalized spacial score (nSPS) is 33.5. The number of carbonyl (C=O) groups excluding carboxylic acids is 3. The van der Waals surface area contributed by atoms with Crippen molar-refractivity contribution < 1.29 is 24.2 Å². The largest absolute Gasteiger partial charge is 0.465 e. The first-order chi connectivity index (χ1) is 17.9. The van der Waals surface area contributed by atoms with Crippen LogP contribution >= 0.6 is 11.8 Å². The van der Waals surface area contributed by atoms with Gasteiger partial charge in [-0.1, -0.05) is 54.6 Å². The highest BCUT2D eigenvalue weighted by Gasteiger charge is 2.71. The Bertz CT molecular complexity index is 1090. The molecule has 2 saturated heterocycles. The number of aliphatic hydroxyl groups excluding tert-OH is 1. The van der Waals surface area contributed by atoms with E-state index in [0.717, 1.165) is 24.8 Å². The third-order valence-corrected chi connectivity index (χ3v) is 9.86. The van der Waals surface area contributed by atoms with Gasteiger partial charge in [0.05, 0.1) is 35.8 Å². The maximum absolute atomic E-state index is 14.4. The second-order valence-electron chi connectivity index (χ2n) is 10.7. The summed E-state index contributed by atoms with van der Waals surface area (Å²) >= 11 is 1.55. The van der Waals surface area contributed by atoms with Gasteiger partial charge in [0.1, 0.15) is 6.04 Å². The van der Waals surface area contributed by atoms with Crippen molar-refractivity contribution in [1.29, 1.82) is 0 Å². The summed E-state index contributed by atoms with van der Waals surface area (Å²) in [5.41, 5.74) is 0.976. The number of likely N-dealkylation sites (tertiary alicyclic amines) is 1. The highest BCUT2D eigenvalue weighted by Crippen LogP contribution is 2.61. The zero-order chi connectivity index (χ0) is 26.2. The number of nitrogens with zero attached hydrogens (tertiary/aromatic N) is 2. The van der Waals surface area contributed by atoms with Crippen molar-refractivity contribution in [3.8, 4) is 0 Å². The zero-order valence-electron chi connectivity index (χ0n) is 21.5. The molecule has 1 spiro atoms. The van der Waals surface area contributed by atoms with Gasteiger partial charge in [-0.3, -0.25) is 14.4 Å². The number of rotatable bonds is 5. The van der Waals surface area contributed by atoms with Crippen LogP contribution in [0, 0.1) is 11.8 Å². The number of aliphatic hydroxyl groups is 1. The van der Waals surface area contributed by atoms with E-state index in [1.807, 2.05) is 62.4 Å². The number of ether oxygens (including phenoxy) is 1. The van der Waals surface area contributed by atoms with Crippen LogP contribution in [0.4, 0.5) is 0 Å². The molecule has 8 heteroatoms. The molecule has 4 aliphatic heterocycles. The predicted octanol–water partition coefficient (Wildman–Crippen LogP) is 2.98. The van der Waals surface area contributed by atoms with Gasteiger partial charge in [-0.25, -0.2) is 0 Å². The number of amides is 2. The Kier molecular flexibility index (Phi) is 7.50. The van der Waals surface area contributed by atoms with Crippen molar-refractivity contribution in [2.75, 3.05) is 19.8 Å². The standard InChI is InChI=1S/C29H36N2O5S/c1-19(2)30-15-10-14-29-24(23-22(37-29)13-8-3-4-9-16-36-28(23)35)26(33)31(25(29)27(30)34)21(18-32)17-20-11-6-5-7-12-20/h5-8,10-14,19,21-25,32H,3-4,9,15-18H2,1-2H3/b13-8-/t21-,22-,23+,24+,25?,29+/m1/s1. The molecule has 0 bridgehead atoms. The average molecular weight is 525 g/mol. The number of hydrogen-bond donors (Lipinski definition) is 1. The van der Waals surface area contributed by atoms with Gasteiger partial charge in [0.15, 0.2) is 0 Å². The summed E-state index contributed by atoms with van der Waals surface area (Å²) in [6.45, 7) is 4.45. The van der Waals surface area contributed by atoms with Crippen LogP contribution in [0.25, 0.3) is 0 Å². The van der Waals surface area contributed by atoms with Gasteiger partial charge in [-0.05, 0) is 45.1 Å². The van der Waals surface area contributed by atoms with Gasteiger partial charge >= 0.3 is 5.97 Å². The molecule has 37 heavy (non-hydrogen) atoms. The maximum Gasteiger partial charge on any atom is 0.311 e. The molecule has 0 radical (unpaired) electrons. The van der Waals surface area contributed by atoms with Crippen molar-refractivity contribution in [3.05, 3.63) is 60.2 Å². The van der Waals surface area contributed by atoms with Crippen LogP contribution in [0.2, 0.25) is 0 Å². The number of benzene rings is 1. The van der Waals surface area contributed by atoms with E-state index >= 15 is 0 Å². The summed E-state index contributed by atoms with van der Waals surface area (Å²) in [5, 5.41) is 10.3. The van der Waals surface area contributed by atoms with Crippen molar-refractivity contribution >= 4 is 29.5 Å². The second-order valence-corrected chi connectivity index (χ2v) is 12.2. The predicted molar refractivity (Wildman–Crippen MR) is 143 cm³/mol. The Balaban J connectivity index is 1.62. The lowest BCUT2D eigenvalue weighted by Gasteiger charge is -2.39. The first-order valence-electron chi connectivity index (χ1n) is 13.3. The molecule has 0 saturated carbocycles. The van der Waals surface area contributed by atoms with Gasteiger partial charge in [-0.15, -0.1) is 11.8 Å². The van der Waals surface area contributed by atoms with E-state index in [2.05, 4.69) is 6.08 Å². The van der Waals surface area contributed by atoms with Gasteiger partial charge in [-0.2, -0.15) is 0 Å². The molecule has 4 aliphatic rings. The lowest BCUT2D eigenvalue weighted by Crippen LogP contribution is -2.57. The van der Waals surface area contributed by atoms with E-state index < -0.39 is 28.7 Å². The lowest BCUT2D eigenvalue weighted by atomic mass is 9.78. The smallest absolute Gasteiger partial charge is 0.311 e. The molecule has 2 amide bonds. The lowest BCUT2D eigenvalue weighted by molar-refractivity contribution is -0.153. The number of carbonyl (C=O) groups is 3. The molecule has 5 rings (SSSR count). The van der Waals surface area contributed by atoms with E-state index in [4.69, 9.17) is 4.74 Å². The van der Waals surface area contributed by atoms with Crippen molar-refractivity contribution in [3.63, 3.8) is 0 Å². The van der Waals surface area contributed by atoms with Crippen LogP contribution in [0.15, 0.2) is 54.6 Å². The molecule has 1 unspecified atom stereocenters. The van der Waals surface area contributed by atoms with Gasteiger partial charge < -0.3 is 19.6 Å². The number of allylic oxidation sites excluding steroid dienone is 1. The topological polar surface area (TPSA) is 87.2 Å². The third-order valence-electron chi connectivity index (χ3n) is 8.11. The fourth-order valence-electron chi connectivity index (χ4n) is 6.37. The fraction of sp³-hybridized carbons (Fsp3) is 0.552.